The number of aryl methyl sites for hydroxylation is 1. The fourth-order valence-corrected chi connectivity index (χ4v) is 1.29. The summed E-state index contributed by atoms with van der Waals surface area (Å²) in [5.41, 5.74) is 4.69. The number of anilines is 1. The molecule has 0 fully saturated rings. The van der Waals surface area contributed by atoms with Crippen LogP contribution >= 0.6 is 0 Å². The summed E-state index contributed by atoms with van der Waals surface area (Å²) in [6.07, 6.45) is -3.67. The minimum absolute atomic E-state index is 0.0668. The summed E-state index contributed by atoms with van der Waals surface area (Å²) < 4.78 is 37.5. The normalized spacial score (nSPS) is 11.4. The van der Waals surface area contributed by atoms with E-state index in [1.54, 1.807) is 0 Å². The number of carbonyl (C=O) groups is 1. The first-order chi connectivity index (χ1) is 6.95. The number of aldehydes is 1. The van der Waals surface area contributed by atoms with Gasteiger partial charge in [0.1, 0.15) is 6.29 Å². The Morgan fingerprint density at radius 1 is 1.33 bits per heavy atom. The second-order valence-corrected chi connectivity index (χ2v) is 3.12. The largest absolute Gasteiger partial charge is 0.416 e. The Morgan fingerprint density at radius 3 is 2.53 bits per heavy atom. The molecular weight excluding hydrogens is 207 g/mol. The molecule has 0 aliphatic rings. The summed E-state index contributed by atoms with van der Waals surface area (Å²) in [6, 6.07) is 3.59. The SMILES string of the molecule is Nc1ccc(CCC=O)c(C(F)(F)F)c1. The first-order valence-corrected chi connectivity index (χ1v) is 4.34. The molecule has 1 aromatic rings. The minimum Gasteiger partial charge on any atom is -0.399 e. The van der Waals surface area contributed by atoms with Gasteiger partial charge in [-0.3, -0.25) is 0 Å². The van der Waals surface area contributed by atoms with Crippen LogP contribution in [0.15, 0.2) is 18.2 Å². The van der Waals surface area contributed by atoms with Gasteiger partial charge in [0.25, 0.3) is 0 Å². The zero-order chi connectivity index (χ0) is 11.5. The van der Waals surface area contributed by atoms with Crippen LogP contribution in [0.5, 0.6) is 0 Å². The van der Waals surface area contributed by atoms with E-state index in [0.717, 1.165) is 6.07 Å². The number of carbonyl (C=O) groups excluding carboxylic acids is 1. The Bertz CT molecular complexity index is 360. The molecule has 0 saturated heterocycles. The maximum atomic E-state index is 12.5. The molecule has 0 atom stereocenters. The van der Waals surface area contributed by atoms with E-state index in [9.17, 15) is 18.0 Å². The standard InChI is InChI=1S/C10H10F3NO/c11-10(12,13)9-6-8(14)4-3-7(9)2-1-5-15/h3-6H,1-2,14H2. The van der Waals surface area contributed by atoms with E-state index < -0.39 is 11.7 Å². The van der Waals surface area contributed by atoms with Crippen LogP contribution in [0.1, 0.15) is 17.5 Å². The number of hydrogen-bond acceptors (Lipinski definition) is 2. The first-order valence-electron chi connectivity index (χ1n) is 4.34. The topological polar surface area (TPSA) is 43.1 Å². The molecule has 0 aromatic heterocycles. The molecule has 0 radical (unpaired) electrons. The quantitative estimate of drug-likeness (QED) is 0.624. The van der Waals surface area contributed by atoms with Crippen LogP contribution in [-0.2, 0) is 17.4 Å². The van der Waals surface area contributed by atoms with Gasteiger partial charge >= 0.3 is 6.18 Å². The van der Waals surface area contributed by atoms with Gasteiger partial charge in [0.15, 0.2) is 0 Å². The summed E-state index contributed by atoms with van der Waals surface area (Å²) in [7, 11) is 0. The zero-order valence-corrected chi connectivity index (χ0v) is 7.84. The molecule has 2 nitrogen and oxygen atoms in total. The predicted molar refractivity (Wildman–Crippen MR) is 50.2 cm³/mol. The summed E-state index contributed by atoms with van der Waals surface area (Å²) in [5, 5.41) is 0. The van der Waals surface area contributed by atoms with Gasteiger partial charge in [-0.25, -0.2) is 0 Å². The number of benzene rings is 1. The van der Waals surface area contributed by atoms with E-state index in [1.165, 1.54) is 12.1 Å². The monoisotopic (exact) mass is 217 g/mol. The van der Waals surface area contributed by atoms with Crippen molar-refractivity contribution in [1.29, 1.82) is 0 Å². The Hall–Kier alpha value is -1.52. The third-order valence-electron chi connectivity index (χ3n) is 1.97. The van der Waals surface area contributed by atoms with Gasteiger partial charge < -0.3 is 10.5 Å². The van der Waals surface area contributed by atoms with Gasteiger partial charge in [0.2, 0.25) is 0 Å². The molecule has 1 rings (SSSR count). The summed E-state index contributed by atoms with van der Waals surface area (Å²) >= 11 is 0. The van der Waals surface area contributed by atoms with Crippen LogP contribution in [0.25, 0.3) is 0 Å². The van der Waals surface area contributed by atoms with E-state index >= 15 is 0 Å². The molecule has 0 spiro atoms. The highest BCUT2D eigenvalue weighted by Crippen LogP contribution is 2.33. The molecule has 2 N–H and O–H groups in total. The lowest BCUT2D eigenvalue weighted by molar-refractivity contribution is -0.138. The first kappa shape index (κ1) is 11.6. The molecule has 0 heterocycles. The Labute approximate surface area is 84.9 Å². The van der Waals surface area contributed by atoms with Crippen LogP contribution in [0.2, 0.25) is 0 Å². The van der Waals surface area contributed by atoms with Crippen LogP contribution < -0.4 is 5.73 Å². The second-order valence-electron chi connectivity index (χ2n) is 3.12. The molecule has 1 aromatic carbocycles. The van der Waals surface area contributed by atoms with Crippen LogP contribution in [0.4, 0.5) is 18.9 Å². The van der Waals surface area contributed by atoms with Crippen molar-refractivity contribution in [2.45, 2.75) is 19.0 Å². The third kappa shape index (κ3) is 2.97. The summed E-state index contributed by atoms with van der Waals surface area (Å²) in [5.74, 6) is 0. The molecule has 0 unspecified atom stereocenters. The molecule has 0 aliphatic carbocycles. The zero-order valence-electron chi connectivity index (χ0n) is 7.84. The summed E-state index contributed by atoms with van der Waals surface area (Å²) in [4.78, 5) is 10.1. The molecule has 0 saturated carbocycles. The highest BCUT2D eigenvalue weighted by molar-refractivity contribution is 5.52. The van der Waals surface area contributed by atoms with Crippen molar-refractivity contribution in [1.82, 2.24) is 0 Å². The van der Waals surface area contributed by atoms with E-state index in [2.05, 4.69) is 0 Å². The maximum absolute atomic E-state index is 12.5. The number of alkyl halides is 3. The number of rotatable bonds is 3. The smallest absolute Gasteiger partial charge is 0.399 e. The molecule has 0 amide bonds. The van der Waals surface area contributed by atoms with Gasteiger partial charge in [-0.2, -0.15) is 13.2 Å². The average molecular weight is 217 g/mol. The fourth-order valence-electron chi connectivity index (χ4n) is 1.29. The van der Waals surface area contributed by atoms with Gasteiger partial charge in [0, 0.05) is 12.1 Å². The average Bonchev–Trinajstić information content (AvgIpc) is 2.14. The van der Waals surface area contributed by atoms with Crippen molar-refractivity contribution in [2.24, 2.45) is 0 Å². The second kappa shape index (κ2) is 4.33. The molecule has 0 aliphatic heterocycles. The number of nitrogen functional groups attached to an aromatic ring is 1. The number of nitrogens with two attached hydrogens (primary N) is 1. The molecule has 5 heteroatoms. The number of hydrogen-bond donors (Lipinski definition) is 1. The van der Waals surface area contributed by atoms with Crippen molar-refractivity contribution in [3.8, 4) is 0 Å². The Morgan fingerprint density at radius 2 is 2.00 bits per heavy atom. The van der Waals surface area contributed by atoms with Crippen LogP contribution in [0.3, 0.4) is 0 Å². The lowest BCUT2D eigenvalue weighted by atomic mass is 10.0. The van der Waals surface area contributed by atoms with Gasteiger partial charge in [-0.1, -0.05) is 6.07 Å². The van der Waals surface area contributed by atoms with Gasteiger partial charge in [-0.05, 0) is 24.1 Å². The predicted octanol–water partition coefficient (Wildman–Crippen LogP) is 2.42. The van der Waals surface area contributed by atoms with Gasteiger partial charge in [0.05, 0.1) is 5.56 Å². The van der Waals surface area contributed by atoms with E-state index in [0.29, 0.717) is 6.29 Å². The van der Waals surface area contributed by atoms with E-state index in [-0.39, 0.29) is 24.1 Å². The van der Waals surface area contributed by atoms with Gasteiger partial charge in [-0.15, -0.1) is 0 Å². The lowest BCUT2D eigenvalue weighted by Gasteiger charge is -2.12. The third-order valence-corrected chi connectivity index (χ3v) is 1.97. The number of halogens is 3. The van der Waals surface area contributed by atoms with E-state index in [4.69, 9.17) is 5.73 Å². The minimum atomic E-state index is -4.42. The summed E-state index contributed by atoms with van der Waals surface area (Å²) in [6.45, 7) is 0. The van der Waals surface area contributed by atoms with E-state index in [1.807, 2.05) is 0 Å². The van der Waals surface area contributed by atoms with Crippen molar-refractivity contribution in [3.63, 3.8) is 0 Å². The maximum Gasteiger partial charge on any atom is 0.416 e. The fraction of sp³-hybridized carbons (Fsp3) is 0.300. The highest BCUT2D eigenvalue weighted by atomic mass is 19.4. The lowest BCUT2D eigenvalue weighted by Crippen LogP contribution is -2.10. The Kier molecular flexibility index (Phi) is 3.34. The highest BCUT2D eigenvalue weighted by Gasteiger charge is 2.33. The molecule has 82 valence electrons. The van der Waals surface area contributed by atoms with Crippen molar-refractivity contribution < 1.29 is 18.0 Å². The Balaban J connectivity index is 3.09. The van der Waals surface area contributed by atoms with Crippen molar-refractivity contribution >= 4 is 12.0 Å². The van der Waals surface area contributed by atoms with Crippen molar-refractivity contribution in [3.05, 3.63) is 29.3 Å². The molecular formula is C10H10F3NO. The van der Waals surface area contributed by atoms with Crippen LogP contribution in [0, 0.1) is 0 Å². The van der Waals surface area contributed by atoms with Crippen LogP contribution in [-0.4, -0.2) is 6.29 Å². The van der Waals surface area contributed by atoms with Crippen molar-refractivity contribution in [2.75, 3.05) is 5.73 Å². The molecule has 0 bridgehead atoms. The molecule has 15 heavy (non-hydrogen) atoms.